The third kappa shape index (κ3) is 3.88. The second-order valence-corrected chi connectivity index (χ2v) is 5.79. The fraction of sp³-hybridized carbons (Fsp3) is 0.278. The predicted molar refractivity (Wildman–Crippen MR) is 90.8 cm³/mol. The summed E-state index contributed by atoms with van der Waals surface area (Å²) in [6.45, 7) is 2.02. The van der Waals surface area contributed by atoms with Gasteiger partial charge in [0.1, 0.15) is 11.5 Å². The number of aryl methyl sites for hydroxylation is 1. The Morgan fingerprint density at radius 3 is 2.92 bits per heavy atom. The van der Waals surface area contributed by atoms with Crippen LogP contribution in [0, 0.1) is 17.0 Å². The lowest BCUT2D eigenvalue weighted by atomic mass is 10.0. The average Bonchev–Trinajstić information content (AvgIpc) is 2.60. The van der Waals surface area contributed by atoms with Crippen molar-refractivity contribution in [2.75, 3.05) is 13.2 Å². The first kappa shape index (κ1) is 16.8. The Kier molecular flexibility index (Phi) is 4.83. The molecule has 130 valence electrons. The molecule has 1 aliphatic heterocycles. The summed E-state index contributed by atoms with van der Waals surface area (Å²) in [6.07, 6.45) is 0.694. The molecule has 2 aromatic rings. The molecule has 1 heterocycles. The van der Waals surface area contributed by atoms with E-state index in [1.807, 2.05) is 24.3 Å². The Morgan fingerprint density at radius 2 is 2.16 bits per heavy atom. The quantitative estimate of drug-likeness (QED) is 0.666. The van der Waals surface area contributed by atoms with Gasteiger partial charge in [0.25, 0.3) is 11.6 Å². The lowest BCUT2D eigenvalue weighted by Crippen LogP contribution is -2.35. The summed E-state index contributed by atoms with van der Waals surface area (Å²) >= 11 is 0. The van der Waals surface area contributed by atoms with E-state index in [1.165, 1.54) is 12.1 Å². The van der Waals surface area contributed by atoms with Crippen LogP contribution >= 0.6 is 0 Å². The van der Waals surface area contributed by atoms with Gasteiger partial charge in [-0.25, -0.2) is 0 Å². The van der Waals surface area contributed by atoms with Crippen molar-refractivity contribution in [1.82, 2.24) is 5.32 Å². The molecule has 2 aromatic carbocycles. The van der Waals surface area contributed by atoms with E-state index in [1.54, 1.807) is 13.0 Å². The zero-order valence-electron chi connectivity index (χ0n) is 13.7. The average molecular weight is 342 g/mol. The number of nitro benzene ring substituents is 1. The molecule has 7 nitrogen and oxygen atoms in total. The lowest BCUT2D eigenvalue weighted by Gasteiger charge is -2.26. The van der Waals surface area contributed by atoms with Crippen LogP contribution < -0.4 is 14.8 Å². The summed E-state index contributed by atoms with van der Waals surface area (Å²) in [6, 6.07) is 11.9. The van der Waals surface area contributed by atoms with Gasteiger partial charge in [0.2, 0.25) is 0 Å². The highest BCUT2D eigenvalue weighted by Crippen LogP contribution is 2.31. The lowest BCUT2D eigenvalue weighted by molar-refractivity contribution is -0.385. The molecule has 0 saturated carbocycles. The van der Waals surface area contributed by atoms with Crippen LogP contribution in [-0.2, 0) is 4.79 Å². The molecule has 0 fully saturated rings. The summed E-state index contributed by atoms with van der Waals surface area (Å²) in [5.74, 6) is 0.953. The van der Waals surface area contributed by atoms with Crippen LogP contribution in [0.2, 0.25) is 0 Å². The SMILES string of the molecule is Cc1cc(OCC(=O)NC2CCOc3ccccc32)ccc1[N+](=O)[O-]. The van der Waals surface area contributed by atoms with E-state index < -0.39 is 4.92 Å². The summed E-state index contributed by atoms with van der Waals surface area (Å²) in [5, 5.41) is 13.7. The third-order valence-corrected chi connectivity index (χ3v) is 4.03. The van der Waals surface area contributed by atoms with Crippen LogP contribution in [0.4, 0.5) is 5.69 Å². The van der Waals surface area contributed by atoms with Crippen LogP contribution in [-0.4, -0.2) is 24.0 Å². The maximum Gasteiger partial charge on any atom is 0.272 e. The van der Waals surface area contributed by atoms with Crippen molar-refractivity contribution in [3.8, 4) is 11.5 Å². The summed E-state index contributed by atoms with van der Waals surface area (Å²) < 4.78 is 11.0. The van der Waals surface area contributed by atoms with Gasteiger partial charge in [0.15, 0.2) is 6.61 Å². The highest BCUT2D eigenvalue weighted by atomic mass is 16.6. The molecule has 1 unspecified atom stereocenters. The predicted octanol–water partition coefficient (Wildman–Crippen LogP) is 2.92. The number of carbonyl (C=O) groups is 1. The zero-order valence-corrected chi connectivity index (χ0v) is 13.7. The highest BCUT2D eigenvalue weighted by Gasteiger charge is 2.22. The van der Waals surface area contributed by atoms with E-state index in [4.69, 9.17) is 9.47 Å². The first-order chi connectivity index (χ1) is 12.0. The van der Waals surface area contributed by atoms with E-state index in [0.29, 0.717) is 24.3 Å². The third-order valence-electron chi connectivity index (χ3n) is 4.03. The number of amides is 1. The standard InChI is InChI=1S/C18H18N2O5/c1-12-10-13(6-7-16(12)20(22)23)25-11-18(21)19-15-8-9-24-17-5-3-2-4-14(15)17/h2-7,10,15H,8-9,11H2,1H3,(H,19,21). The number of nitrogens with one attached hydrogen (secondary N) is 1. The van der Waals surface area contributed by atoms with Crippen LogP contribution in [0.15, 0.2) is 42.5 Å². The second-order valence-electron chi connectivity index (χ2n) is 5.79. The van der Waals surface area contributed by atoms with Gasteiger partial charge in [-0.2, -0.15) is 0 Å². The van der Waals surface area contributed by atoms with E-state index >= 15 is 0 Å². The first-order valence-electron chi connectivity index (χ1n) is 7.93. The van der Waals surface area contributed by atoms with E-state index in [9.17, 15) is 14.9 Å². The van der Waals surface area contributed by atoms with Gasteiger partial charge >= 0.3 is 0 Å². The minimum absolute atomic E-state index is 0.0237. The van der Waals surface area contributed by atoms with Crippen LogP contribution in [0.5, 0.6) is 11.5 Å². The minimum Gasteiger partial charge on any atom is -0.493 e. The molecular formula is C18H18N2O5. The summed E-state index contributed by atoms with van der Waals surface area (Å²) in [7, 11) is 0. The second kappa shape index (κ2) is 7.21. The molecule has 0 spiro atoms. The Hall–Kier alpha value is -3.09. The molecule has 0 radical (unpaired) electrons. The van der Waals surface area contributed by atoms with Crippen molar-refractivity contribution in [1.29, 1.82) is 0 Å². The van der Waals surface area contributed by atoms with Crippen LogP contribution in [0.3, 0.4) is 0 Å². The number of carbonyl (C=O) groups excluding carboxylic acids is 1. The number of fused-ring (bicyclic) bond motifs is 1. The monoisotopic (exact) mass is 342 g/mol. The Morgan fingerprint density at radius 1 is 1.36 bits per heavy atom. The number of nitrogens with zero attached hydrogens (tertiary/aromatic N) is 1. The molecule has 3 rings (SSSR count). The molecule has 0 saturated heterocycles. The molecule has 7 heteroatoms. The van der Waals surface area contributed by atoms with E-state index in [2.05, 4.69) is 5.32 Å². The number of para-hydroxylation sites is 1. The van der Waals surface area contributed by atoms with E-state index in [0.717, 1.165) is 11.3 Å². The molecule has 0 bridgehead atoms. The Bertz CT molecular complexity index is 806. The molecule has 1 amide bonds. The van der Waals surface area contributed by atoms with Crippen molar-refractivity contribution in [2.24, 2.45) is 0 Å². The van der Waals surface area contributed by atoms with Gasteiger partial charge in [0.05, 0.1) is 17.6 Å². The fourth-order valence-electron chi connectivity index (χ4n) is 2.80. The van der Waals surface area contributed by atoms with Gasteiger partial charge in [-0.1, -0.05) is 18.2 Å². The Balaban J connectivity index is 1.59. The maximum absolute atomic E-state index is 12.2. The van der Waals surface area contributed by atoms with Gasteiger partial charge in [0, 0.05) is 23.6 Å². The van der Waals surface area contributed by atoms with Gasteiger partial charge in [-0.3, -0.25) is 14.9 Å². The normalized spacial score (nSPS) is 15.6. The number of hydrogen-bond donors (Lipinski definition) is 1. The van der Waals surface area contributed by atoms with Gasteiger partial charge < -0.3 is 14.8 Å². The molecule has 1 aliphatic rings. The van der Waals surface area contributed by atoms with Crippen LogP contribution in [0.25, 0.3) is 0 Å². The molecule has 0 aromatic heterocycles. The smallest absolute Gasteiger partial charge is 0.272 e. The topological polar surface area (TPSA) is 90.7 Å². The summed E-state index contributed by atoms with van der Waals surface area (Å²) in [5.41, 5.74) is 1.46. The molecule has 1 atom stereocenters. The fourth-order valence-corrected chi connectivity index (χ4v) is 2.80. The minimum atomic E-state index is -0.450. The van der Waals surface area contributed by atoms with Gasteiger partial charge in [-0.05, 0) is 25.1 Å². The van der Waals surface area contributed by atoms with Crippen molar-refractivity contribution >= 4 is 11.6 Å². The first-order valence-corrected chi connectivity index (χ1v) is 7.93. The molecule has 25 heavy (non-hydrogen) atoms. The Labute approximate surface area is 144 Å². The van der Waals surface area contributed by atoms with Crippen molar-refractivity contribution in [3.05, 3.63) is 63.7 Å². The maximum atomic E-state index is 12.2. The zero-order chi connectivity index (χ0) is 17.8. The highest BCUT2D eigenvalue weighted by molar-refractivity contribution is 5.78. The summed E-state index contributed by atoms with van der Waals surface area (Å²) in [4.78, 5) is 22.5. The molecule has 0 aliphatic carbocycles. The van der Waals surface area contributed by atoms with Crippen molar-refractivity contribution in [3.63, 3.8) is 0 Å². The van der Waals surface area contributed by atoms with Gasteiger partial charge in [-0.15, -0.1) is 0 Å². The number of hydrogen-bond acceptors (Lipinski definition) is 5. The number of ether oxygens (including phenoxy) is 2. The number of benzene rings is 2. The van der Waals surface area contributed by atoms with Crippen molar-refractivity contribution < 1.29 is 19.2 Å². The number of nitro groups is 1. The molecular weight excluding hydrogens is 324 g/mol. The largest absolute Gasteiger partial charge is 0.493 e. The molecule has 1 N–H and O–H groups in total. The number of rotatable bonds is 5. The van der Waals surface area contributed by atoms with Crippen LogP contribution in [0.1, 0.15) is 23.6 Å². The van der Waals surface area contributed by atoms with Crippen molar-refractivity contribution in [2.45, 2.75) is 19.4 Å². The van der Waals surface area contributed by atoms with E-state index in [-0.39, 0.29) is 24.2 Å².